The highest BCUT2D eigenvalue weighted by Crippen LogP contribution is 2.18. The van der Waals surface area contributed by atoms with E-state index in [2.05, 4.69) is 5.32 Å². The van der Waals surface area contributed by atoms with Crippen LogP contribution < -0.4 is 5.32 Å². The van der Waals surface area contributed by atoms with Crippen LogP contribution in [0.5, 0.6) is 0 Å². The Morgan fingerprint density at radius 1 is 1.13 bits per heavy atom. The first-order chi connectivity index (χ1) is 11.2. The van der Waals surface area contributed by atoms with Crippen molar-refractivity contribution in [2.24, 2.45) is 0 Å². The molecule has 0 heterocycles. The molecule has 1 amide bonds. The molecule has 3 nitrogen and oxygen atoms in total. The molecule has 0 unspecified atom stereocenters. The van der Waals surface area contributed by atoms with Crippen LogP contribution in [-0.4, -0.2) is 29.6 Å². The molecule has 0 saturated heterocycles. The van der Waals surface area contributed by atoms with E-state index in [1.807, 2.05) is 60.9 Å². The molecule has 0 aliphatic rings. The van der Waals surface area contributed by atoms with Crippen molar-refractivity contribution in [1.82, 2.24) is 5.32 Å². The molecule has 122 valence electrons. The van der Waals surface area contributed by atoms with E-state index in [0.717, 1.165) is 16.2 Å². The zero-order valence-corrected chi connectivity index (χ0v) is 14.7. The topological polar surface area (TPSA) is 49.3 Å². The Morgan fingerprint density at radius 2 is 1.83 bits per heavy atom. The molecule has 5 heteroatoms. The lowest BCUT2D eigenvalue weighted by Gasteiger charge is -2.12. The average molecular weight is 348 g/mol. The summed E-state index contributed by atoms with van der Waals surface area (Å²) in [7, 11) is 0. The summed E-state index contributed by atoms with van der Waals surface area (Å²) in [6.45, 7) is 0.239. The van der Waals surface area contributed by atoms with Crippen molar-refractivity contribution in [1.29, 1.82) is 0 Å². The normalized spacial score (nSPS) is 11.9. The van der Waals surface area contributed by atoms with Gasteiger partial charge in [0.05, 0.1) is 11.9 Å². The van der Waals surface area contributed by atoms with Crippen LogP contribution in [0.4, 0.5) is 0 Å². The SMILES string of the molecule is CSc1ccc([C@H](O)CNC(=O)CSCc2ccccc2)cc1. The monoisotopic (exact) mass is 347 g/mol. The molecule has 0 saturated carbocycles. The highest BCUT2D eigenvalue weighted by atomic mass is 32.2. The summed E-state index contributed by atoms with van der Waals surface area (Å²) in [5, 5.41) is 12.9. The lowest BCUT2D eigenvalue weighted by Crippen LogP contribution is -2.29. The van der Waals surface area contributed by atoms with Crippen LogP contribution in [0.3, 0.4) is 0 Å². The second kappa shape index (κ2) is 9.65. The molecule has 0 aliphatic carbocycles. The number of rotatable bonds is 8. The number of amides is 1. The standard InChI is InChI=1S/C18H21NO2S2/c1-22-16-9-7-15(8-10-16)17(20)11-19-18(21)13-23-12-14-5-3-2-4-6-14/h2-10,17,20H,11-13H2,1H3,(H,19,21)/t17-/m1/s1. The first-order valence-electron chi connectivity index (χ1n) is 7.39. The van der Waals surface area contributed by atoms with Gasteiger partial charge in [-0.2, -0.15) is 0 Å². The van der Waals surface area contributed by atoms with E-state index in [9.17, 15) is 9.90 Å². The maximum Gasteiger partial charge on any atom is 0.230 e. The highest BCUT2D eigenvalue weighted by Gasteiger charge is 2.09. The van der Waals surface area contributed by atoms with E-state index in [4.69, 9.17) is 0 Å². The molecule has 0 radical (unpaired) electrons. The fourth-order valence-corrected chi connectivity index (χ4v) is 3.27. The zero-order valence-electron chi connectivity index (χ0n) is 13.1. The minimum absolute atomic E-state index is 0.0503. The van der Waals surface area contributed by atoms with Crippen LogP contribution in [0.25, 0.3) is 0 Å². The quantitative estimate of drug-likeness (QED) is 0.718. The molecule has 2 aromatic carbocycles. The third-order valence-corrected chi connectivity index (χ3v) is 5.09. The predicted octanol–water partition coefficient (Wildman–Crippen LogP) is 3.49. The Labute approximate surface area is 145 Å². The van der Waals surface area contributed by atoms with Gasteiger partial charge in [0.25, 0.3) is 0 Å². The molecule has 1 atom stereocenters. The lowest BCUT2D eigenvalue weighted by atomic mass is 10.1. The fourth-order valence-electron chi connectivity index (χ4n) is 2.04. The first kappa shape index (κ1) is 17.9. The largest absolute Gasteiger partial charge is 0.387 e. The third kappa shape index (κ3) is 6.29. The summed E-state index contributed by atoms with van der Waals surface area (Å²) in [5.74, 6) is 1.16. The van der Waals surface area contributed by atoms with Crippen molar-refractivity contribution in [3.63, 3.8) is 0 Å². The van der Waals surface area contributed by atoms with Gasteiger partial charge >= 0.3 is 0 Å². The Morgan fingerprint density at radius 3 is 2.48 bits per heavy atom. The van der Waals surface area contributed by atoms with E-state index < -0.39 is 6.10 Å². The van der Waals surface area contributed by atoms with Gasteiger partial charge in [-0.1, -0.05) is 42.5 Å². The first-order valence-corrected chi connectivity index (χ1v) is 9.77. The van der Waals surface area contributed by atoms with Gasteiger partial charge in [0, 0.05) is 17.2 Å². The van der Waals surface area contributed by atoms with E-state index in [-0.39, 0.29) is 12.5 Å². The molecule has 0 aliphatic heterocycles. The second-order valence-electron chi connectivity index (χ2n) is 5.07. The van der Waals surface area contributed by atoms with Gasteiger partial charge in [-0.3, -0.25) is 4.79 Å². The second-order valence-corrected chi connectivity index (χ2v) is 6.94. The average Bonchev–Trinajstić information content (AvgIpc) is 2.60. The van der Waals surface area contributed by atoms with Gasteiger partial charge in [0.1, 0.15) is 0 Å². The summed E-state index contributed by atoms with van der Waals surface area (Å²) < 4.78 is 0. The smallest absolute Gasteiger partial charge is 0.230 e. The Hall–Kier alpha value is -1.43. The minimum Gasteiger partial charge on any atom is -0.387 e. The summed E-state index contributed by atoms with van der Waals surface area (Å²) in [4.78, 5) is 13.0. The van der Waals surface area contributed by atoms with Crippen molar-refractivity contribution < 1.29 is 9.90 Å². The van der Waals surface area contributed by atoms with Gasteiger partial charge in [-0.15, -0.1) is 23.5 Å². The number of carbonyl (C=O) groups excluding carboxylic acids is 1. The van der Waals surface area contributed by atoms with Gasteiger partial charge in [0.2, 0.25) is 5.91 Å². The molecule has 0 aromatic heterocycles. The van der Waals surface area contributed by atoms with Crippen LogP contribution in [0, 0.1) is 0 Å². The van der Waals surface area contributed by atoms with Gasteiger partial charge in [0.15, 0.2) is 0 Å². The maximum atomic E-state index is 11.8. The van der Waals surface area contributed by atoms with Crippen LogP contribution >= 0.6 is 23.5 Å². The van der Waals surface area contributed by atoms with E-state index >= 15 is 0 Å². The highest BCUT2D eigenvalue weighted by molar-refractivity contribution is 7.99. The minimum atomic E-state index is -0.672. The molecule has 0 bridgehead atoms. The Bertz CT molecular complexity index is 602. The third-order valence-electron chi connectivity index (χ3n) is 3.34. The molecule has 0 spiro atoms. The number of nitrogens with one attached hydrogen (secondary N) is 1. The Balaban J connectivity index is 1.68. The maximum absolute atomic E-state index is 11.8. The molecule has 0 fully saturated rings. The summed E-state index contributed by atoms with van der Waals surface area (Å²) >= 11 is 3.23. The van der Waals surface area contributed by atoms with Crippen molar-refractivity contribution >= 4 is 29.4 Å². The van der Waals surface area contributed by atoms with Crippen LogP contribution in [0.2, 0.25) is 0 Å². The summed E-state index contributed by atoms with van der Waals surface area (Å²) in [6.07, 6.45) is 1.34. The zero-order chi connectivity index (χ0) is 16.5. The van der Waals surface area contributed by atoms with Crippen molar-refractivity contribution in [2.45, 2.75) is 16.8 Å². The number of hydrogen-bond acceptors (Lipinski definition) is 4. The van der Waals surface area contributed by atoms with E-state index in [1.54, 1.807) is 23.5 Å². The van der Waals surface area contributed by atoms with E-state index in [0.29, 0.717) is 5.75 Å². The molecule has 2 N–H and O–H groups in total. The number of carbonyl (C=O) groups is 1. The summed E-state index contributed by atoms with van der Waals surface area (Å²) in [6, 6.07) is 17.8. The Kier molecular flexibility index (Phi) is 7.52. The van der Waals surface area contributed by atoms with E-state index in [1.165, 1.54) is 5.56 Å². The number of aliphatic hydroxyl groups excluding tert-OH is 1. The van der Waals surface area contributed by atoms with Crippen LogP contribution in [0.1, 0.15) is 17.2 Å². The van der Waals surface area contributed by atoms with Crippen molar-refractivity contribution in [2.75, 3.05) is 18.6 Å². The fraction of sp³-hybridized carbons (Fsp3) is 0.278. The van der Waals surface area contributed by atoms with Crippen molar-refractivity contribution in [3.8, 4) is 0 Å². The van der Waals surface area contributed by atoms with Gasteiger partial charge < -0.3 is 10.4 Å². The number of thioether (sulfide) groups is 2. The van der Waals surface area contributed by atoms with Gasteiger partial charge in [-0.25, -0.2) is 0 Å². The molecular formula is C18H21NO2S2. The predicted molar refractivity (Wildman–Crippen MR) is 98.8 cm³/mol. The number of benzene rings is 2. The van der Waals surface area contributed by atoms with Gasteiger partial charge in [-0.05, 0) is 29.5 Å². The summed E-state index contributed by atoms with van der Waals surface area (Å²) in [5.41, 5.74) is 2.03. The van der Waals surface area contributed by atoms with Crippen molar-refractivity contribution in [3.05, 3.63) is 65.7 Å². The van der Waals surface area contributed by atoms with Crippen LogP contribution in [-0.2, 0) is 10.5 Å². The number of aliphatic hydroxyl groups is 1. The lowest BCUT2D eigenvalue weighted by molar-refractivity contribution is -0.119. The van der Waals surface area contributed by atoms with Crippen LogP contribution in [0.15, 0.2) is 59.5 Å². The molecular weight excluding hydrogens is 326 g/mol. The number of hydrogen-bond donors (Lipinski definition) is 2. The molecule has 23 heavy (non-hydrogen) atoms. The molecule has 2 rings (SSSR count). The molecule has 2 aromatic rings.